The molecule has 0 aromatic heterocycles. The average molecular weight is 312 g/mol. The molecule has 88 valence electrons. The molecule has 0 aliphatic rings. The Hall–Kier alpha value is -1.19. The molecule has 0 aliphatic carbocycles. The minimum absolute atomic E-state index is 0.682. The van der Waals surface area contributed by atoms with Crippen LogP contribution in [0.15, 0.2) is 40.9 Å². The first kappa shape index (κ1) is 12.3. The lowest BCUT2D eigenvalue weighted by Gasteiger charge is -2.12. The van der Waals surface area contributed by atoms with Crippen molar-refractivity contribution < 1.29 is 0 Å². The van der Waals surface area contributed by atoms with Crippen LogP contribution in [-0.2, 0) is 0 Å². The molecule has 0 saturated heterocycles. The molecule has 4 heteroatoms. The third-order valence-corrected chi connectivity index (χ3v) is 3.45. The summed E-state index contributed by atoms with van der Waals surface area (Å²) in [6.07, 6.45) is 0. The third-order valence-electron chi connectivity index (χ3n) is 2.52. The molecule has 0 bridgehead atoms. The second-order valence-electron chi connectivity index (χ2n) is 3.79. The van der Waals surface area contributed by atoms with E-state index in [-0.39, 0.29) is 0 Å². The second kappa shape index (κ2) is 4.98. The summed E-state index contributed by atoms with van der Waals surface area (Å²) in [6.45, 7) is 1.98. The number of para-hydroxylation sites is 1. The maximum absolute atomic E-state index is 6.01. The van der Waals surface area contributed by atoms with E-state index in [1.807, 2.05) is 43.3 Å². The Labute approximate surface area is 114 Å². The van der Waals surface area contributed by atoms with Crippen LogP contribution in [0.25, 0.3) is 0 Å². The third kappa shape index (κ3) is 2.73. The smallest absolute Gasteiger partial charge is 0.0620 e. The van der Waals surface area contributed by atoms with Crippen LogP contribution < -0.4 is 11.1 Å². The van der Waals surface area contributed by atoms with Gasteiger partial charge in [-0.15, -0.1) is 0 Å². The molecule has 0 atom stereocenters. The molecule has 0 spiro atoms. The van der Waals surface area contributed by atoms with E-state index in [0.717, 1.165) is 27.1 Å². The minimum Gasteiger partial charge on any atom is -0.397 e. The van der Waals surface area contributed by atoms with Crippen molar-refractivity contribution in [2.45, 2.75) is 6.92 Å². The zero-order valence-corrected chi connectivity index (χ0v) is 11.6. The summed E-state index contributed by atoms with van der Waals surface area (Å²) in [7, 11) is 0. The van der Waals surface area contributed by atoms with Crippen LogP contribution in [0, 0.1) is 6.92 Å². The van der Waals surface area contributed by atoms with Gasteiger partial charge in [0.05, 0.1) is 17.1 Å². The fourth-order valence-corrected chi connectivity index (χ4v) is 2.05. The summed E-state index contributed by atoms with van der Waals surface area (Å²) in [5, 5.41) is 3.95. The summed E-state index contributed by atoms with van der Waals surface area (Å²) >= 11 is 9.43. The molecule has 2 aromatic carbocycles. The van der Waals surface area contributed by atoms with Gasteiger partial charge >= 0.3 is 0 Å². The molecule has 0 fully saturated rings. The first-order valence-electron chi connectivity index (χ1n) is 5.15. The second-order valence-corrected chi connectivity index (χ2v) is 5.08. The van der Waals surface area contributed by atoms with Gasteiger partial charge in [-0.1, -0.05) is 23.7 Å². The first-order chi connectivity index (χ1) is 8.08. The number of nitrogens with two attached hydrogens (primary N) is 1. The number of aryl methyl sites for hydroxylation is 1. The lowest BCUT2D eigenvalue weighted by molar-refractivity contribution is 1.44. The summed E-state index contributed by atoms with van der Waals surface area (Å²) in [6, 6.07) is 11.5. The molecular weight excluding hydrogens is 300 g/mol. The van der Waals surface area contributed by atoms with E-state index in [1.54, 1.807) is 0 Å². The van der Waals surface area contributed by atoms with Crippen LogP contribution >= 0.6 is 27.5 Å². The number of halogens is 2. The van der Waals surface area contributed by atoms with Gasteiger partial charge in [-0.05, 0) is 52.7 Å². The van der Waals surface area contributed by atoms with E-state index >= 15 is 0 Å². The number of nitrogens with one attached hydrogen (secondary N) is 1. The van der Waals surface area contributed by atoms with Gasteiger partial charge < -0.3 is 11.1 Å². The van der Waals surface area contributed by atoms with Crippen molar-refractivity contribution in [3.63, 3.8) is 0 Å². The Morgan fingerprint density at radius 3 is 2.71 bits per heavy atom. The van der Waals surface area contributed by atoms with E-state index in [9.17, 15) is 0 Å². The molecule has 0 radical (unpaired) electrons. The average Bonchev–Trinajstić information content (AvgIpc) is 2.30. The van der Waals surface area contributed by atoms with Crippen molar-refractivity contribution in [3.05, 3.63) is 51.5 Å². The van der Waals surface area contributed by atoms with Gasteiger partial charge in [0.2, 0.25) is 0 Å². The molecule has 2 nitrogen and oxygen atoms in total. The Bertz CT molecular complexity index is 555. The summed E-state index contributed by atoms with van der Waals surface area (Å²) in [5.41, 5.74) is 9.59. The van der Waals surface area contributed by atoms with E-state index in [2.05, 4.69) is 21.2 Å². The molecule has 17 heavy (non-hydrogen) atoms. The summed E-state index contributed by atoms with van der Waals surface area (Å²) < 4.78 is 0.947. The van der Waals surface area contributed by atoms with Gasteiger partial charge in [0.25, 0.3) is 0 Å². The van der Waals surface area contributed by atoms with E-state index in [0.29, 0.717) is 5.02 Å². The fraction of sp³-hybridized carbons (Fsp3) is 0.0769. The number of nitrogen functional groups attached to an aromatic ring is 1. The van der Waals surface area contributed by atoms with E-state index in [4.69, 9.17) is 17.3 Å². The molecule has 0 amide bonds. The maximum atomic E-state index is 6.01. The Morgan fingerprint density at radius 2 is 1.94 bits per heavy atom. The standard InChI is InChI=1S/C13H12BrClN2/c1-8-3-2-4-11(13(8)16)17-12-7-9(15)5-6-10(12)14/h2-7,17H,16H2,1H3. The molecule has 3 N–H and O–H groups in total. The fourth-order valence-electron chi connectivity index (χ4n) is 1.53. The van der Waals surface area contributed by atoms with Crippen molar-refractivity contribution in [2.24, 2.45) is 0 Å². The predicted octanol–water partition coefficient (Wildman–Crippen LogP) is 4.74. The predicted molar refractivity (Wildman–Crippen MR) is 78.0 cm³/mol. The largest absolute Gasteiger partial charge is 0.397 e. The van der Waals surface area contributed by atoms with Crippen LogP contribution in [-0.4, -0.2) is 0 Å². The highest BCUT2D eigenvalue weighted by Gasteiger charge is 2.05. The number of anilines is 3. The zero-order chi connectivity index (χ0) is 12.4. The molecule has 2 rings (SSSR count). The van der Waals surface area contributed by atoms with E-state index < -0.39 is 0 Å². The lowest BCUT2D eigenvalue weighted by Crippen LogP contribution is -1.98. The van der Waals surface area contributed by atoms with Crippen molar-refractivity contribution in [1.82, 2.24) is 0 Å². The Morgan fingerprint density at radius 1 is 1.18 bits per heavy atom. The zero-order valence-electron chi connectivity index (χ0n) is 9.30. The van der Waals surface area contributed by atoms with Gasteiger partial charge in [-0.25, -0.2) is 0 Å². The van der Waals surface area contributed by atoms with Gasteiger partial charge in [0, 0.05) is 9.50 Å². The Balaban J connectivity index is 2.38. The maximum Gasteiger partial charge on any atom is 0.0620 e. The van der Waals surface area contributed by atoms with Crippen LogP contribution in [0.3, 0.4) is 0 Å². The number of benzene rings is 2. The highest BCUT2D eigenvalue weighted by molar-refractivity contribution is 9.10. The number of hydrogen-bond acceptors (Lipinski definition) is 2. The highest BCUT2D eigenvalue weighted by Crippen LogP contribution is 2.31. The van der Waals surface area contributed by atoms with Gasteiger partial charge in [-0.2, -0.15) is 0 Å². The van der Waals surface area contributed by atoms with E-state index in [1.165, 1.54) is 0 Å². The quantitative estimate of drug-likeness (QED) is 0.786. The van der Waals surface area contributed by atoms with Crippen LogP contribution in [0.1, 0.15) is 5.56 Å². The molecular formula is C13H12BrClN2. The van der Waals surface area contributed by atoms with Crippen molar-refractivity contribution in [3.8, 4) is 0 Å². The normalized spacial score (nSPS) is 10.3. The van der Waals surface area contributed by atoms with Gasteiger partial charge in [0.15, 0.2) is 0 Å². The summed E-state index contributed by atoms with van der Waals surface area (Å²) in [5.74, 6) is 0. The number of rotatable bonds is 2. The molecule has 0 aliphatic heterocycles. The highest BCUT2D eigenvalue weighted by atomic mass is 79.9. The van der Waals surface area contributed by atoms with Gasteiger partial charge in [0.1, 0.15) is 0 Å². The topological polar surface area (TPSA) is 38.0 Å². The SMILES string of the molecule is Cc1cccc(Nc2cc(Cl)ccc2Br)c1N. The molecule has 0 heterocycles. The number of hydrogen-bond donors (Lipinski definition) is 2. The molecule has 0 unspecified atom stereocenters. The van der Waals surface area contributed by atoms with Crippen LogP contribution in [0.5, 0.6) is 0 Å². The lowest BCUT2D eigenvalue weighted by atomic mass is 10.1. The van der Waals surface area contributed by atoms with Gasteiger partial charge in [-0.3, -0.25) is 0 Å². The minimum atomic E-state index is 0.682. The Kier molecular flexibility index (Phi) is 3.60. The van der Waals surface area contributed by atoms with Crippen molar-refractivity contribution in [2.75, 3.05) is 11.1 Å². The molecule has 0 saturated carbocycles. The first-order valence-corrected chi connectivity index (χ1v) is 6.32. The monoisotopic (exact) mass is 310 g/mol. The van der Waals surface area contributed by atoms with Crippen LogP contribution in [0.2, 0.25) is 5.02 Å². The molecule has 2 aromatic rings. The van der Waals surface area contributed by atoms with Crippen molar-refractivity contribution in [1.29, 1.82) is 0 Å². The van der Waals surface area contributed by atoms with Crippen LogP contribution in [0.4, 0.5) is 17.1 Å². The van der Waals surface area contributed by atoms with Crippen molar-refractivity contribution >= 4 is 44.6 Å². The summed E-state index contributed by atoms with van der Waals surface area (Å²) in [4.78, 5) is 0.